The third-order valence-electron chi connectivity index (χ3n) is 2.81. The van der Waals surface area contributed by atoms with Crippen molar-refractivity contribution < 1.29 is 9.50 Å². The zero-order valence-electron chi connectivity index (χ0n) is 10.4. The number of halogens is 1. The van der Waals surface area contributed by atoms with Gasteiger partial charge in [0.25, 0.3) is 0 Å². The quantitative estimate of drug-likeness (QED) is 0.885. The van der Waals surface area contributed by atoms with Crippen molar-refractivity contribution in [1.29, 1.82) is 5.26 Å². The number of nitrogens with one attached hydrogen (secondary N) is 1. The van der Waals surface area contributed by atoms with Gasteiger partial charge in [0.05, 0.1) is 11.3 Å². The van der Waals surface area contributed by atoms with Crippen molar-refractivity contribution in [3.63, 3.8) is 0 Å². The Labute approximate surface area is 110 Å². The van der Waals surface area contributed by atoms with E-state index in [0.29, 0.717) is 12.2 Å². The molecule has 0 aliphatic carbocycles. The van der Waals surface area contributed by atoms with Gasteiger partial charge in [-0.1, -0.05) is 17.7 Å². The topological polar surface area (TPSA) is 56.0 Å². The lowest BCUT2D eigenvalue weighted by atomic mass is 10.1. The summed E-state index contributed by atoms with van der Waals surface area (Å²) in [6.45, 7) is 2.30. The number of nitrogens with zero attached hydrogens (tertiary/aromatic N) is 1. The van der Waals surface area contributed by atoms with E-state index in [9.17, 15) is 9.50 Å². The summed E-state index contributed by atoms with van der Waals surface area (Å²) in [4.78, 5) is 0. The highest BCUT2D eigenvalue weighted by atomic mass is 19.1. The van der Waals surface area contributed by atoms with E-state index < -0.39 is 5.82 Å². The second kappa shape index (κ2) is 5.40. The summed E-state index contributed by atoms with van der Waals surface area (Å²) >= 11 is 0. The van der Waals surface area contributed by atoms with Crippen LogP contribution in [0.3, 0.4) is 0 Å². The molecule has 96 valence electrons. The van der Waals surface area contributed by atoms with Crippen LogP contribution >= 0.6 is 0 Å². The van der Waals surface area contributed by atoms with Gasteiger partial charge in [0, 0.05) is 12.1 Å². The van der Waals surface area contributed by atoms with Crippen molar-refractivity contribution >= 4 is 5.69 Å². The number of benzene rings is 2. The number of hydrogen-bond donors (Lipinski definition) is 2. The summed E-state index contributed by atoms with van der Waals surface area (Å²) in [7, 11) is 0. The first-order chi connectivity index (χ1) is 9.10. The normalized spacial score (nSPS) is 9.95. The summed E-state index contributed by atoms with van der Waals surface area (Å²) in [5.41, 5.74) is 2.55. The first kappa shape index (κ1) is 12.9. The molecule has 0 spiro atoms. The van der Waals surface area contributed by atoms with Crippen LogP contribution < -0.4 is 5.32 Å². The standard InChI is InChI=1S/C15H13FN2O/c1-10-2-5-15(19)12(6-10)9-18-14-4-3-13(16)7-11(14)8-17/h2-7,18-19H,9H2,1H3. The Balaban J connectivity index is 2.19. The van der Waals surface area contributed by atoms with Crippen LogP contribution in [0.5, 0.6) is 5.75 Å². The van der Waals surface area contributed by atoms with E-state index in [4.69, 9.17) is 5.26 Å². The van der Waals surface area contributed by atoms with Gasteiger partial charge in [-0.15, -0.1) is 0 Å². The molecule has 0 heterocycles. The highest BCUT2D eigenvalue weighted by Crippen LogP contribution is 2.21. The fourth-order valence-electron chi connectivity index (χ4n) is 1.81. The molecule has 0 aromatic heterocycles. The van der Waals surface area contributed by atoms with Crippen LogP contribution in [-0.4, -0.2) is 5.11 Å². The molecule has 0 saturated carbocycles. The van der Waals surface area contributed by atoms with E-state index in [1.54, 1.807) is 6.07 Å². The molecule has 0 amide bonds. The second-order valence-electron chi connectivity index (χ2n) is 4.29. The Kier molecular flexibility index (Phi) is 3.67. The van der Waals surface area contributed by atoms with Crippen LogP contribution in [0.25, 0.3) is 0 Å². The van der Waals surface area contributed by atoms with Gasteiger partial charge in [-0.05, 0) is 31.2 Å². The highest BCUT2D eigenvalue weighted by molar-refractivity contribution is 5.58. The van der Waals surface area contributed by atoms with Gasteiger partial charge in [0.15, 0.2) is 0 Å². The highest BCUT2D eigenvalue weighted by Gasteiger charge is 2.05. The predicted octanol–water partition coefficient (Wildman–Crippen LogP) is 3.32. The molecule has 4 heteroatoms. The lowest BCUT2D eigenvalue weighted by Crippen LogP contribution is -2.02. The largest absolute Gasteiger partial charge is 0.508 e. The van der Waals surface area contributed by atoms with Crippen LogP contribution in [-0.2, 0) is 6.54 Å². The first-order valence-electron chi connectivity index (χ1n) is 5.82. The molecule has 0 saturated heterocycles. The van der Waals surface area contributed by atoms with E-state index in [1.807, 2.05) is 25.1 Å². The van der Waals surface area contributed by atoms with Crippen molar-refractivity contribution in [1.82, 2.24) is 0 Å². The lowest BCUT2D eigenvalue weighted by Gasteiger charge is -2.10. The van der Waals surface area contributed by atoms with Gasteiger partial charge in [0.2, 0.25) is 0 Å². The molecular formula is C15H13FN2O. The van der Waals surface area contributed by atoms with Crippen molar-refractivity contribution in [2.24, 2.45) is 0 Å². The molecule has 2 aromatic rings. The number of phenolic OH excluding ortho intramolecular Hbond substituents is 1. The summed E-state index contributed by atoms with van der Waals surface area (Å²) in [6, 6.07) is 11.2. The molecule has 0 atom stereocenters. The molecule has 2 N–H and O–H groups in total. The molecule has 0 aliphatic heterocycles. The van der Waals surface area contributed by atoms with E-state index in [0.717, 1.165) is 11.1 Å². The fourth-order valence-corrected chi connectivity index (χ4v) is 1.81. The van der Waals surface area contributed by atoms with Crippen molar-refractivity contribution in [3.05, 3.63) is 58.9 Å². The Hall–Kier alpha value is -2.54. The van der Waals surface area contributed by atoms with Gasteiger partial charge >= 0.3 is 0 Å². The van der Waals surface area contributed by atoms with E-state index in [1.165, 1.54) is 18.2 Å². The minimum Gasteiger partial charge on any atom is -0.508 e. The van der Waals surface area contributed by atoms with E-state index in [-0.39, 0.29) is 11.3 Å². The van der Waals surface area contributed by atoms with Gasteiger partial charge in [0.1, 0.15) is 17.6 Å². The number of nitriles is 1. The summed E-state index contributed by atoms with van der Waals surface area (Å²) in [5.74, 6) is -0.251. The van der Waals surface area contributed by atoms with Gasteiger partial charge in [-0.3, -0.25) is 0 Å². The number of aryl methyl sites for hydroxylation is 1. The third-order valence-corrected chi connectivity index (χ3v) is 2.81. The first-order valence-corrected chi connectivity index (χ1v) is 5.82. The van der Waals surface area contributed by atoms with Gasteiger partial charge in [-0.25, -0.2) is 4.39 Å². The molecule has 19 heavy (non-hydrogen) atoms. The molecular weight excluding hydrogens is 243 g/mol. The van der Waals surface area contributed by atoms with Gasteiger partial charge < -0.3 is 10.4 Å². The average Bonchev–Trinajstić information content (AvgIpc) is 2.40. The molecule has 0 unspecified atom stereocenters. The molecule has 3 nitrogen and oxygen atoms in total. The summed E-state index contributed by atoms with van der Waals surface area (Å²) in [6.07, 6.45) is 0. The summed E-state index contributed by atoms with van der Waals surface area (Å²) in [5, 5.41) is 21.7. The minimum absolute atomic E-state index is 0.193. The fraction of sp³-hybridized carbons (Fsp3) is 0.133. The molecule has 0 aliphatic rings. The molecule has 0 fully saturated rings. The Bertz CT molecular complexity index is 647. The molecule has 2 aromatic carbocycles. The smallest absolute Gasteiger partial charge is 0.124 e. The van der Waals surface area contributed by atoms with Crippen LogP contribution in [0.15, 0.2) is 36.4 Å². The number of rotatable bonds is 3. The van der Waals surface area contributed by atoms with Crippen molar-refractivity contribution in [2.75, 3.05) is 5.32 Å². The monoisotopic (exact) mass is 256 g/mol. The maximum atomic E-state index is 13.0. The Morgan fingerprint density at radius 3 is 2.79 bits per heavy atom. The van der Waals surface area contributed by atoms with Crippen molar-refractivity contribution in [3.8, 4) is 11.8 Å². The van der Waals surface area contributed by atoms with Crippen LogP contribution in [0.4, 0.5) is 10.1 Å². The number of hydrogen-bond acceptors (Lipinski definition) is 3. The SMILES string of the molecule is Cc1ccc(O)c(CNc2ccc(F)cc2C#N)c1. The van der Waals surface area contributed by atoms with Crippen LogP contribution in [0.1, 0.15) is 16.7 Å². The zero-order valence-corrected chi connectivity index (χ0v) is 10.4. The summed E-state index contributed by atoms with van der Waals surface area (Å²) < 4.78 is 13.0. The minimum atomic E-state index is -0.444. The van der Waals surface area contributed by atoms with E-state index >= 15 is 0 Å². The maximum Gasteiger partial charge on any atom is 0.124 e. The molecule has 0 radical (unpaired) electrons. The lowest BCUT2D eigenvalue weighted by molar-refractivity contribution is 0.469. The predicted molar refractivity (Wildman–Crippen MR) is 71.3 cm³/mol. The zero-order chi connectivity index (χ0) is 13.8. The molecule has 2 rings (SSSR count). The maximum absolute atomic E-state index is 13.0. The van der Waals surface area contributed by atoms with E-state index in [2.05, 4.69) is 5.32 Å². The second-order valence-corrected chi connectivity index (χ2v) is 4.29. The third kappa shape index (κ3) is 3.02. The van der Waals surface area contributed by atoms with Gasteiger partial charge in [-0.2, -0.15) is 5.26 Å². The van der Waals surface area contributed by atoms with Crippen LogP contribution in [0, 0.1) is 24.1 Å². The average molecular weight is 256 g/mol. The van der Waals surface area contributed by atoms with Crippen molar-refractivity contribution in [2.45, 2.75) is 13.5 Å². The Morgan fingerprint density at radius 2 is 2.05 bits per heavy atom. The Morgan fingerprint density at radius 1 is 1.26 bits per heavy atom. The molecule has 0 bridgehead atoms. The number of phenols is 1. The number of aromatic hydroxyl groups is 1. The number of anilines is 1. The van der Waals surface area contributed by atoms with Crippen LogP contribution in [0.2, 0.25) is 0 Å².